The molecule has 1 unspecified atom stereocenters. The Balaban J connectivity index is 2.46. The van der Waals surface area contributed by atoms with Crippen molar-refractivity contribution < 1.29 is 8.42 Å². The van der Waals surface area contributed by atoms with E-state index in [0.717, 1.165) is 19.4 Å². The maximum Gasteiger partial charge on any atom is 0.279 e. The van der Waals surface area contributed by atoms with E-state index in [1.165, 1.54) is 0 Å². The maximum absolute atomic E-state index is 12.3. The Morgan fingerprint density at radius 2 is 1.80 bits per heavy atom. The van der Waals surface area contributed by atoms with Crippen LogP contribution in [0.4, 0.5) is 0 Å². The van der Waals surface area contributed by atoms with Gasteiger partial charge in [-0.25, -0.2) is 4.72 Å². The van der Waals surface area contributed by atoms with Gasteiger partial charge in [-0.05, 0) is 43.7 Å². The predicted octanol–water partition coefficient (Wildman–Crippen LogP) is 1.43. The van der Waals surface area contributed by atoms with Crippen LogP contribution in [0.2, 0.25) is 0 Å². The minimum absolute atomic E-state index is 0.113. The first-order valence-corrected chi connectivity index (χ1v) is 9.00. The van der Waals surface area contributed by atoms with E-state index < -0.39 is 10.2 Å². The van der Waals surface area contributed by atoms with Crippen LogP contribution >= 0.6 is 0 Å². The summed E-state index contributed by atoms with van der Waals surface area (Å²) in [5.41, 5.74) is 0.113. The molecule has 20 heavy (non-hydrogen) atoms. The summed E-state index contributed by atoms with van der Waals surface area (Å²) in [5, 5.41) is 3.16. The van der Waals surface area contributed by atoms with Gasteiger partial charge in [-0.1, -0.05) is 27.7 Å². The zero-order valence-corrected chi connectivity index (χ0v) is 14.4. The lowest BCUT2D eigenvalue weighted by molar-refractivity contribution is 0.251. The molecule has 0 bridgehead atoms. The molecule has 120 valence electrons. The summed E-state index contributed by atoms with van der Waals surface area (Å²) in [4.78, 5) is 0. The van der Waals surface area contributed by atoms with Gasteiger partial charge in [0.1, 0.15) is 0 Å². The quantitative estimate of drug-likeness (QED) is 0.780. The molecule has 1 saturated heterocycles. The third-order valence-electron chi connectivity index (χ3n) is 4.46. The molecule has 1 atom stereocenters. The first-order valence-electron chi connectivity index (χ1n) is 7.56. The molecular weight excluding hydrogens is 274 g/mol. The Kier molecular flexibility index (Phi) is 6.44. The third kappa shape index (κ3) is 5.31. The van der Waals surface area contributed by atoms with E-state index in [1.807, 2.05) is 7.05 Å². The second-order valence-corrected chi connectivity index (χ2v) is 8.78. The molecule has 1 rings (SSSR count). The molecule has 0 aromatic carbocycles. The fourth-order valence-electron chi connectivity index (χ4n) is 2.27. The Morgan fingerprint density at radius 1 is 1.25 bits per heavy atom. The summed E-state index contributed by atoms with van der Waals surface area (Å²) in [6.45, 7) is 11.2. The van der Waals surface area contributed by atoms with Crippen LogP contribution in [0, 0.1) is 17.3 Å². The third-order valence-corrected chi connectivity index (χ3v) is 6.03. The van der Waals surface area contributed by atoms with E-state index >= 15 is 0 Å². The summed E-state index contributed by atoms with van der Waals surface area (Å²) in [6, 6.07) is 0. The fraction of sp³-hybridized carbons (Fsp3) is 1.00. The van der Waals surface area contributed by atoms with Gasteiger partial charge in [-0.3, -0.25) is 0 Å². The Morgan fingerprint density at radius 3 is 2.25 bits per heavy atom. The van der Waals surface area contributed by atoms with Gasteiger partial charge in [-0.2, -0.15) is 12.7 Å². The van der Waals surface area contributed by atoms with Crippen molar-refractivity contribution in [1.29, 1.82) is 0 Å². The van der Waals surface area contributed by atoms with Gasteiger partial charge in [0.05, 0.1) is 0 Å². The zero-order valence-electron chi connectivity index (χ0n) is 13.6. The van der Waals surface area contributed by atoms with Gasteiger partial charge >= 0.3 is 0 Å². The molecule has 0 aromatic rings. The number of hydrogen-bond donors (Lipinski definition) is 2. The van der Waals surface area contributed by atoms with Crippen molar-refractivity contribution in [2.24, 2.45) is 17.3 Å². The number of rotatable bonds is 6. The number of hydrogen-bond acceptors (Lipinski definition) is 3. The van der Waals surface area contributed by atoms with Crippen LogP contribution in [0.15, 0.2) is 0 Å². The average Bonchev–Trinajstić information content (AvgIpc) is 2.36. The largest absolute Gasteiger partial charge is 0.319 e. The first-order chi connectivity index (χ1) is 9.16. The lowest BCUT2D eigenvalue weighted by atomic mass is 9.82. The zero-order chi connectivity index (χ0) is 15.4. The van der Waals surface area contributed by atoms with Crippen molar-refractivity contribution in [3.8, 4) is 0 Å². The SMILES string of the molecule is CNCC1CCN(S(=O)(=O)NCC(C)C(C)(C)C)CC1. The molecule has 0 amide bonds. The number of nitrogens with one attached hydrogen (secondary N) is 2. The topological polar surface area (TPSA) is 61.4 Å². The van der Waals surface area contributed by atoms with Gasteiger partial charge in [0.15, 0.2) is 0 Å². The average molecular weight is 305 g/mol. The number of nitrogens with zero attached hydrogens (tertiary/aromatic N) is 1. The molecule has 0 aromatic heterocycles. The van der Waals surface area contributed by atoms with Gasteiger partial charge < -0.3 is 5.32 Å². The summed E-state index contributed by atoms with van der Waals surface area (Å²) in [6.07, 6.45) is 1.88. The molecule has 0 spiro atoms. The Bertz CT molecular complexity index is 382. The fourth-order valence-corrected chi connectivity index (χ4v) is 3.60. The highest BCUT2D eigenvalue weighted by Crippen LogP contribution is 2.25. The summed E-state index contributed by atoms with van der Waals surface area (Å²) >= 11 is 0. The molecule has 0 aliphatic carbocycles. The molecule has 5 nitrogen and oxygen atoms in total. The van der Waals surface area contributed by atoms with E-state index in [1.54, 1.807) is 4.31 Å². The van der Waals surface area contributed by atoms with E-state index in [-0.39, 0.29) is 5.41 Å². The predicted molar refractivity (Wildman–Crippen MR) is 83.8 cm³/mol. The van der Waals surface area contributed by atoms with E-state index in [4.69, 9.17) is 0 Å². The van der Waals surface area contributed by atoms with Gasteiger partial charge in [-0.15, -0.1) is 0 Å². The molecular formula is C14H31N3O2S. The second-order valence-electron chi connectivity index (χ2n) is 7.02. The standard InChI is InChI=1S/C14H31N3O2S/c1-12(14(2,3)4)10-16-20(18,19)17-8-6-13(7-9-17)11-15-5/h12-13,15-16H,6-11H2,1-5H3. The van der Waals surface area contributed by atoms with Crippen LogP contribution in [0.3, 0.4) is 0 Å². The van der Waals surface area contributed by atoms with Gasteiger partial charge in [0.25, 0.3) is 10.2 Å². The van der Waals surface area contributed by atoms with Crippen LogP contribution in [0.5, 0.6) is 0 Å². The van der Waals surface area contributed by atoms with Crippen molar-refractivity contribution in [2.45, 2.75) is 40.5 Å². The Labute approximate surface area is 124 Å². The molecule has 0 radical (unpaired) electrons. The Hall–Kier alpha value is -0.170. The van der Waals surface area contributed by atoms with Crippen molar-refractivity contribution in [3.05, 3.63) is 0 Å². The molecule has 6 heteroatoms. The van der Waals surface area contributed by atoms with Crippen LogP contribution < -0.4 is 10.0 Å². The van der Waals surface area contributed by atoms with E-state index in [0.29, 0.717) is 31.5 Å². The maximum atomic E-state index is 12.3. The second kappa shape index (κ2) is 7.20. The monoisotopic (exact) mass is 305 g/mol. The minimum atomic E-state index is -3.31. The lowest BCUT2D eigenvalue weighted by Crippen LogP contribution is -2.47. The molecule has 0 saturated carbocycles. The highest BCUT2D eigenvalue weighted by molar-refractivity contribution is 7.87. The molecule has 1 fully saturated rings. The first kappa shape index (κ1) is 17.9. The van der Waals surface area contributed by atoms with Crippen LogP contribution in [0.1, 0.15) is 40.5 Å². The van der Waals surface area contributed by atoms with Crippen molar-refractivity contribution in [2.75, 3.05) is 33.2 Å². The summed E-state index contributed by atoms with van der Waals surface area (Å²) < 4.78 is 28.9. The molecule has 1 aliphatic rings. The van der Waals surface area contributed by atoms with E-state index in [2.05, 4.69) is 37.7 Å². The van der Waals surface area contributed by atoms with Crippen LogP contribution in [-0.2, 0) is 10.2 Å². The van der Waals surface area contributed by atoms with Crippen molar-refractivity contribution in [1.82, 2.24) is 14.3 Å². The highest BCUT2D eigenvalue weighted by Gasteiger charge is 2.29. The van der Waals surface area contributed by atoms with E-state index in [9.17, 15) is 8.42 Å². The highest BCUT2D eigenvalue weighted by atomic mass is 32.2. The number of piperidine rings is 1. The summed E-state index contributed by atoms with van der Waals surface area (Å²) in [7, 11) is -1.37. The normalized spacial score (nSPS) is 21.1. The van der Waals surface area contributed by atoms with Crippen molar-refractivity contribution >= 4 is 10.2 Å². The van der Waals surface area contributed by atoms with Crippen molar-refractivity contribution in [3.63, 3.8) is 0 Å². The smallest absolute Gasteiger partial charge is 0.279 e. The van der Waals surface area contributed by atoms with Crippen LogP contribution in [0.25, 0.3) is 0 Å². The molecule has 1 heterocycles. The molecule has 1 aliphatic heterocycles. The summed E-state index contributed by atoms with van der Waals surface area (Å²) in [5.74, 6) is 0.902. The van der Waals surface area contributed by atoms with Gasteiger partial charge in [0, 0.05) is 19.6 Å². The molecule has 2 N–H and O–H groups in total. The minimum Gasteiger partial charge on any atom is -0.319 e. The lowest BCUT2D eigenvalue weighted by Gasteiger charge is -2.32. The van der Waals surface area contributed by atoms with Gasteiger partial charge in [0.2, 0.25) is 0 Å². The van der Waals surface area contributed by atoms with Crippen LogP contribution in [-0.4, -0.2) is 45.9 Å².